The Hall–Kier alpha value is -3.53. The number of amides is 1. The Morgan fingerprint density at radius 1 is 1.19 bits per heavy atom. The van der Waals surface area contributed by atoms with Crippen LogP contribution in [-0.2, 0) is 21.4 Å². The molecule has 2 aromatic carbocycles. The van der Waals surface area contributed by atoms with Crippen LogP contribution in [0.25, 0.3) is 5.69 Å². The van der Waals surface area contributed by atoms with Gasteiger partial charge < -0.3 is 19.4 Å². The highest BCUT2D eigenvalue weighted by Gasteiger charge is 2.30. The van der Waals surface area contributed by atoms with Crippen molar-refractivity contribution in [1.82, 2.24) is 14.9 Å². The zero-order valence-electron chi connectivity index (χ0n) is 17.8. The number of hydrogen-bond acceptors (Lipinski definition) is 6. The van der Waals surface area contributed by atoms with E-state index in [4.69, 9.17) is 9.47 Å². The van der Waals surface area contributed by atoms with Crippen molar-refractivity contribution in [2.24, 2.45) is 0 Å². The lowest BCUT2D eigenvalue weighted by molar-refractivity contribution is -0.122. The smallest absolute Gasteiger partial charge is 0.243 e. The number of hydrogen-bond donors (Lipinski definition) is 1. The van der Waals surface area contributed by atoms with Gasteiger partial charge >= 0.3 is 0 Å². The molecule has 0 saturated heterocycles. The summed E-state index contributed by atoms with van der Waals surface area (Å²) in [5.74, 6) is 0.566. The summed E-state index contributed by atoms with van der Waals surface area (Å²) in [7, 11) is -3.75. The maximum atomic E-state index is 13.0. The average Bonchev–Trinajstić information content (AvgIpc) is 3.31. The van der Waals surface area contributed by atoms with Gasteiger partial charge in [-0.25, -0.2) is 13.4 Å². The molecule has 1 amide bonds. The van der Waals surface area contributed by atoms with Gasteiger partial charge in [0.15, 0.2) is 11.5 Å². The first kappa shape index (κ1) is 21.7. The van der Waals surface area contributed by atoms with Crippen molar-refractivity contribution < 1.29 is 22.7 Å². The number of benzene rings is 2. The van der Waals surface area contributed by atoms with Crippen molar-refractivity contribution in [3.8, 4) is 17.2 Å². The van der Waals surface area contributed by atoms with Crippen molar-refractivity contribution in [2.45, 2.75) is 19.5 Å². The van der Waals surface area contributed by atoms with Crippen molar-refractivity contribution in [3.05, 3.63) is 66.7 Å². The van der Waals surface area contributed by atoms with E-state index < -0.39 is 22.0 Å². The van der Waals surface area contributed by atoms with Crippen LogP contribution in [0, 0.1) is 0 Å². The number of sulfonamides is 1. The standard InChI is InChI=1S/C22H24N4O5S/c1-16(22(27)24-14-17-5-3-4-6-19(17)25-10-9-23-15-25)26(32(2,28)29)18-7-8-20-21(13-18)31-12-11-30-20/h3-10,13,15-16H,11-12,14H2,1-2H3,(H,24,27)/t16-/m0/s1. The average molecular weight is 457 g/mol. The van der Waals surface area contributed by atoms with Gasteiger partial charge in [0.2, 0.25) is 15.9 Å². The lowest BCUT2D eigenvalue weighted by Gasteiger charge is -2.29. The van der Waals surface area contributed by atoms with E-state index >= 15 is 0 Å². The summed E-state index contributed by atoms with van der Waals surface area (Å²) in [5, 5.41) is 2.85. The van der Waals surface area contributed by atoms with Crippen molar-refractivity contribution in [3.63, 3.8) is 0 Å². The predicted molar refractivity (Wildman–Crippen MR) is 120 cm³/mol. The lowest BCUT2D eigenvalue weighted by atomic mass is 10.1. The van der Waals surface area contributed by atoms with Gasteiger partial charge in [0.1, 0.15) is 19.3 Å². The van der Waals surface area contributed by atoms with Crippen LogP contribution >= 0.6 is 0 Å². The van der Waals surface area contributed by atoms with E-state index in [1.165, 1.54) is 0 Å². The van der Waals surface area contributed by atoms with Gasteiger partial charge in [-0.15, -0.1) is 0 Å². The molecule has 0 unspecified atom stereocenters. The normalized spacial score (nSPS) is 13.9. The highest BCUT2D eigenvalue weighted by Crippen LogP contribution is 2.35. The maximum absolute atomic E-state index is 13.0. The van der Waals surface area contributed by atoms with Gasteiger partial charge in [0, 0.05) is 25.0 Å². The van der Waals surface area contributed by atoms with Crippen LogP contribution in [0.1, 0.15) is 12.5 Å². The van der Waals surface area contributed by atoms with Crippen molar-refractivity contribution in [2.75, 3.05) is 23.8 Å². The monoisotopic (exact) mass is 456 g/mol. The molecule has 2 heterocycles. The molecule has 0 spiro atoms. The Labute approximate surface area is 186 Å². The number of ether oxygens (including phenoxy) is 2. The Bertz CT molecular complexity index is 1210. The molecule has 0 fully saturated rings. The van der Waals surface area contributed by atoms with Crippen LogP contribution in [-0.4, -0.2) is 49.4 Å². The fourth-order valence-electron chi connectivity index (χ4n) is 3.62. The Balaban J connectivity index is 1.54. The van der Waals surface area contributed by atoms with Gasteiger partial charge in [-0.05, 0) is 30.7 Å². The molecular formula is C22H24N4O5S. The minimum atomic E-state index is -3.75. The fraction of sp³-hybridized carbons (Fsp3) is 0.273. The van der Waals surface area contributed by atoms with E-state index in [1.54, 1.807) is 37.6 Å². The van der Waals surface area contributed by atoms with Crippen molar-refractivity contribution in [1.29, 1.82) is 0 Å². The molecule has 9 nitrogen and oxygen atoms in total. The number of carbonyl (C=O) groups is 1. The van der Waals surface area contributed by atoms with Crippen LogP contribution < -0.4 is 19.1 Å². The van der Waals surface area contributed by atoms with Crippen LogP contribution in [0.5, 0.6) is 11.5 Å². The van der Waals surface area contributed by atoms with E-state index in [9.17, 15) is 13.2 Å². The molecule has 0 saturated carbocycles. The summed E-state index contributed by atoms with van der Waals surface area (Å²) in [4.78, 5) is 17.0. The van der Waals surface area contributed by atoms with Gasteiger partial charge in [0.25, 0.3) is 0 Å². The summed E-state index contributed by atoms with van der Waals surface area (Å²) in [6.07, 6.45) is 6.24. The van der Waals surface area contributed by atoms with Gasteiger partial charge in [-0.3, -0.25) is 9.10 Å². The third kappa shape index (κ3) is 4.54. The number of para-hydroxylation sites is 1. The second kappa shape index (κ2) is 8.91. The molecule has 0 radical (unpaired) electrons. The molecule has 32 heavy (non-hydrogen) atoms. The number of nitrogens with zero attached hydrogens (tertiary/aromatic N) is 3. The van der Waals surface area contributed by atoms with E-state index in [0.717, 1.165) is 21.8 Å². The summed E-state index contributed by atoms with van der Waals surface area (Å²) in [5.41, 5.74) is 2.08. The molecule has 4 rings (SSSR count). The third-order valence-corrected chi connectivity index (χ3v) is 6.34. The molecule has 0 bridgehead atoms. The van der Waals surface area contributed by atoms with Crippen LogP contribution in [0.2, 0.25) is 0 Å². The number of rotatable bonds is 7. The number of nitrogens with one attached hydrogen (secondary N) is 1. The lowest BCUT2D eigenvalue weighted by Crippen LogP contribution is -2.47. The fourth-order valence-corrected chi connectivity index (χ4v) is 4.79. The van der Waals surface area contributed by atoms with E-state index in [2.05, 4.69) is 10.3 Å². The highest BCUT2D eigenvalue weighted by molar-refractivity contribution is 7.92. The van der Waals surface area contributed by atoms with Gasteiger partial charge in [-0.2, -0.15) is 0 Å². The number of carbonyl (C=O) groups excluding carboxylic acids is 1. The number of anilines is 1. The Morgan fingerprint density at radius 2 is 1.94 bits per heavy atom. The predicted octanol–water partition coefficient (Wildman–Crippen LogP) is 2.11. The molecule has 168 valence electrons. The molecule has 1 aromatic heterocycles. The summed E-state index contributed by atoms with van der Waals surface area (Å²) < 4.78 is 39.2. The first-order chi connectivity index (χ1) is 15.3. The zero-order chi connectivity index (χ0) is 22.7. The quantitative estimate of drug-likeness (QED) is 0.584. The highest BCUT2D eigenvalue weighted by atomic mass is 32.2. The summed E-state index contributed by atoms with van der Waals surface area (Å²) >= 11 is 0. The third-order valence-electron chi connectivity index (χ3n) is 5.10. The number of imidazole rings is 1. The minimum Gasteiger partial charge on any atom is -0.486 e. The van der Waals surface area contributed by atoms with E-state index in [0.29, 0.717) is 30.4 Å². The number of aromatic nitrogens is 2. The summed E-state index contributed by atoms with van der Waals surface area (Å²) in [6.45, 7) is 2.59. The molecule has 1 aliphatic rings. The van der Waals surface area contributed by atoms with E-state index in [-0.39, 0.29) is 6.54 Å². The van der Waals surface area contributed by atoms with Crippen LogP contribution in [0.4, 0.5) is 5.69 Å². The first-order valence-electron chi connectivity index (χ1n) is 10.1. The summed E-state index contributed by atoms with van der Waals surface area (Å²) in [6, 6.07) is 11.4. The van der Waals surface area contributed by atoms with Crippen LogP contribution in [0.15, 0.2) is 61.2 Å². The Kier molecular flexibility index (Phi) is 6.04. The molecule has 0 aliphatic carbocycles. The molecule has 10 heteroatoms. The second-order valence-electron chi connectivity index (χ2n) is 7.38. The van der Waals surface area contributed by atoms with Crippen LogP contribution in [0.3, 0.4) is 0 Å². The zero-order valence-corrected chi connectivity index (χ0v) is 18.6. The molecule has 3 aromatic rings. The largest absolute Gasteiger partial charge is 0.486 e. The topological polar surface area (TPSA) is 103 Å². The van der Waals surface area contributed by atoms with E-state index in [1.807, 2.05) is 35.0 Å². The SMILES string of the molecule is C[C@@H](C(=O)NCc1ccccc1-n1ccnc1)N(c1ccc2c(c1)OCCO2)S(C)(=O)=O. The second-order valence-corrected chi connectivity index (χ2v) is 9.24. The van der Waals surface area contributed by atoms with Crippen molar-refractivity contribution >= 4 is 21.6 Å². The molecular weight excluding hydrogens is 432 g/mol. The van der Waals surface area contributed by atoms with Gasteiger partial charge in [-0.1, -0.05) is 18.2 Å². The first-order valence-corrected chi connectivity index (χ1v) is 11.9. The molecule has 1 aliphatic heterocycles. The Morgan fingerprint density at radius 3 is 2.66 bits per heavy atom. The minimum absolute atomic E-state index is 0.232. The maximum Gasteiger partial charge on any atom is 0.243 e. The molecule has 1 atom stereocenters. The van der Waals surface area contributed by atoms with Gasteiger partial charge in [0.05, 0.1) is 24.0 Å². The molecule has 1 N–H and O–H groups in total. The number of fused-ring (bicyclic) bond motifs is 1.